The van der Waals surface area contributed by atoms with Gasteiger partial charge >= 0.3 is 0 Å². The molecule has 0 aliphatic heterocycles. The SMILES string of the molecule is c1csc(-c2cscn2)n1. The van der Waals surface area contributed by atoms with Crippen molar-refractivity contribution in [3.05, 3.63) is 22.5 Å². The Bertz CT molecular complexity index is 253. The summed E-state index contributed by atoms with van der Waals surface area (Å²) in [7, 11) is 0. The fraction of sp³-hybridized carbons (Fsp3) is 0. The van der Waals surface area contributed by atoms with Gasteiger partial charge < -0.3 is 0 Å². The second-order valence-corrected chi connectivity index (χ2v) is 3.32. The van der Waals surface area contributed by atoms with Crippen LogP contribution in [0, 0.1) is 0 Å². The smallest absolute Gasteiger partial charge is 0.142 e. The molecule has 0 fully saturated rings. The van der Waals surface area contributed by atoms with E-state index in [4.69, 9.17) is 0 Å². The Labute approximate surface area is 66.2 Å². The van der Waals surface area contributed by atoms with Crippen molar-refractivity contribution in [2.24, 2.45) is 0 Å². The molecule has 10 heavy (non-hydrogen) atoms. The highest BCUT2D eigenvalue weighted by Gasteiger charge is 1.99. The average Bonchev–Trinajstić information content (AvgIpc) is 2.59. The van der Waals surface area contributed by atoms with Crippen LogP contribution >= 0.6 is 22.7 Å². The highest BCUT2D eigenvalue weighted by Crippen LogP contribution is 2.20. The zero-order valence-corrected chi connectivity index (χ0v) is 6.65. The molecule has 0 spiro atoms. The van der Waals surface area contributed by atoms with Gasteiger partial charge in [0.15, 0.2) is 0 Å². The minimum absolute atomic E-state index is 0.986. The van der Waals surface area contributed by atoms with E-state index in [0.29, 0.717) is 0 Å². The van der Waals surface area contributed by atoms with Crippen molar-refractivity contribution in [3.63, 3.8) is 0 Å². The van der Waals surface area contributed by atoms with Gasteiger partial charge in [-0.3, -0.25) is 0 Å². The summed E-state index contributed by atoms with van der Waals surface area (Å²) in [5.74, 6) is 0. The van der Waals surface area contributed by atoms with Crippen molar-refractivity contribution in [1.82, 2.24) is 9.97 Å². The molecule has 0 N–H and O–H groups in total. The van der Waals surface area contributed by atoms with E-state index in [0.717, 1.165) is 10.7 Å². The number of hydrogen-bond acceptors (Lipinski definition) is 4. The lowest BCUT2D eigenvalue weighted by atomic mass is 10.5. The number of hydrogen-bond donors (Lipinski definition) is 0. The zero-order chi connectivity index (χ0) is 6.81. The molecule has 2 aromatic heterocycles. The molecule has 0 radical (unpaired) electrons. The summed E-state index contributed by atoms with van der Waals surface area (Å²) in [6, 6.07) is 0. The summed E-state index contributed by atoms with van der Waals surface area (Å²) in [5.41, 5.74) is 2.80. The normalized spacial score (nSPS) is 10.0. The molecule has 0 aliphatic carbocycles. The molecular weight excluding hydrogens is 164 g/mol. The first-order chi connectivity index (χ1) is 4.97. The average molecular weight is 168 g/mol. The molecule has 2 rings (SSSR count). The Morgan fingerprint density at radius 1 is 1.30 bits per heavy atom. The van der Waals surface area contributed by atoms with Crippen LogP contribution in [0.25, 0.3) is 10.7 Å². The van der Waals surface area contributed by atoms with E-state index in [2.05, 4.69) is 9.97 Å². The van der Waals surface area contributed by atoms with E-state index >= 15 is 0 Å². The number of nitrogens with zero attached hydrogens (tertiary/aromatic N) is 2. The van der Waals surface area contributed by atoms with E-state index in [1.807, 2.05) is 16.3 Å². The van der Waals surface area contributed by atoms with Crippen LogP contribution in [0.5, 0.6) is 0 Å². The topological polar surface area (TPSA) is 25.8 Å². The van der Waals surface area contributed by atoms with Gasteiger partial charge in [0.25, 0.3) is 0 Å². The first-order valence-corrected chi connectivity index (χ1v) is 4.57. The van der Waals surface area contributed by atoms with Crippen LogP contribution in [-0.4, -0.2) is 9.97 Å². The van der Waals surface area contributed by atoms with Crippen LogP contribution in [0.15, 0.2) is 22.5 Å². The van der Waals surface area contributed by atoms with Crippen LogP contribution < -0.4 is 0 Å². The van der Waals surface area contributed by atoms with E-state index in [9.17, 15) is 0 Å². The minimum atomic E-state index is 0.986. The third-order valence-corrected chi connectivity index (χ3v) is 2.47. The van der Waals surface area contributed by atoms with Crippen molar-refractivity contribution in [3.8, 4) is 10.7 Å². The summed E-state index contributed by atoms with van der Waals surface area (Å²) in [6.45, 7) is 0. The molecule has 0 amide bonds. The molecule has 50 valence electrons. The molecule has 0 aliphatic rings. The van der Waals surface area contributed by atoms with Gasteiger partial charge in [0.05, 0.1) is 5.51 Å². The molecule has 2 nitrogen and oxygen atoms in total. The van der Waals surface area contributed by atoms with Crippen molar-refractivity contribution in [2.45, 2.75) is 0 Å². The molecule has 0 saturated heterocycles. The van der Waals surface area contributed by atoms with Crippen LogP contribution in [0.2, 0.25) is 0 Å². The second kappa shape index (κ2) is 2.48. The molecule has 0 aromatic carbocycles. The standard InChI is InChI=1S/C6H4N2S2/c1-2-10-6(7-1)5-3-9-4-8-5/h1-4H. The van der Waals surface area contributed by atoms with Gasteiger partial charge in [-0.25, -0.2) is 9.97 Å². The van der Waals surface area contributed by atoms with Gasteiger partial charge in [0.1, 0.15) is 10.7 Å². The Kier molecular flexibility index (Phi) is 1.49. The van der Waals surface area contributed by atoms with E-state index < -0.39 is 0 Å². The summed E-state index contributed by atoms with van der Waals surface area (Å²) >= 11 is 3.21. The van der Waals surface area contributed by atoms with Crippen LogP contribution in [0.4, 0.5) is 0 Å². The van der Waals surface area contributed by atoms with Gasteiger partial charge in [-0.2, -0.15) is 0 Å². The Morgan fingerprint density at radius 2 is 2.30 bits per heavy atom. The predicted molar refractivity (Wildman–Crippen MR) is 43.2 cm³/mol. The largest absolute Gasteiger partial charge is 0.243 e. The predicted octanol–water partition coefficient (Wildman–Crippen LogP) is 2.27. The summed E-state index contributed by atoms with van der Waals surface area (Å²) < 4.78 is 0. The molecule has 2 heterocycles. The summed E-state index contributed by atoms with van der Waals surface area (Å²) in [4.78, 5) is 8.25. The van der Waals surface area contributed by atoms with Gasteiger partial charge in [0, 0.05) is 17.0 Å². The Morgan fingerprint density at radius 3 is 2.90 bits per heavy atom. The van der Waals surface area contributed by atoms with Gasteiger partial charge in [0.2, 0.25) is 0 Å². The number of aromatic nitrogens is 2. The minimum Gasteiger partial charge on any atom is -0.243 e. The lowest BCUT2D eigenvalue weighted by Crippen LogP contribution is -1.70. The molecule has 0 saturated carbocycles. The van der Waals surface area contributed by atoms with E-state index in [1.165, 1.54) is 0 Å². The maximum Gasteiger partial charge on any atom is 0.142 e. The lowest BCUT2D eigenvalue weighted by molar-refractivity contribution is 1.34. The summed E-state index contributed by atoms with van der Waals surface area (Å²) in [6.07, 6.45) is 1.79. The number of thiazole rings is 2. The maximum absolute atomic E-state index is 4.13. The maximum atomic E-state index is 4.13. The fourth-order valence-corrected chi connectivity index (χ4v) is 1.88. The van der Waals surface area contributed by atoms with Crippen molar-refractivity contribution >= 4 is 22.7 Å². The molecule has 0 atom stereocenters. The van der Waals surface area contributed by atoms with Crippen molar-refractivity contribution < 1.29 is 0 Å². The molecule has 4 heteroatoms. The molecule has 0 bridgehead atoms. The Balaban J connectivity index is 2.48. The Hall–Kier alpha value is -0.740. The van der Waals surface area contributed by atoms with Crippen molar-refractivity contribution in [1.29, 1.82) is 0 Å². The quantitative estimate of drug-likeness (QED) is 0.652. The highest BCUT2D eigenvalue weighted by molar-refractivity contribution is 7.13. The van der Waals surface area contributed by atoms with Gasteiger partial charge in [-0.05, 0) is 0 Å². The van der Waals surface area contributed by atoms with Crippen LogP contribution in [0.1, 0.15) is 0 Å². The monoisotopic (exact) mass is 168 g/mol. The molecular formula is C6H4N2S2. The van der Waals surface area contributed by atoms with E-state index in [1.54, 1.807) is 28.9 Å². The highest BCUT2D eigenvalue weighted by atomic mass is 32.1. The van der Waals surface area contributed by atoms with Crippen LogP contribution in [0.3, 0.4) is 0 Å². The summed E-state index contributed by atoms with van der Waals surface area (Å²) in [5, 5.41) is 4.95. The fourth-order valence-electron chi connectivity index (χ4n) is 0.668. The van der Waals surface area contributed by atoms with Gasteiger partial charge in [-0.15, -0.1) is 22.7 Å². The van der Waals surface area contributed by atoms with Crippen LogP contribution in [-0.2, 0) is 0 Å². The second-order valence-electron chi connectivity index (χ2n) is 1.71. The van der Waals surface area contributed by atoms with E-state index in [-0.39, 0.29) is 0 Å². The van der Waals surface area contributed by atoms with Gasteiger partial charge in [-0.1, -0.05) is 0 Å². The number of rotatable bonds is 1. The molecule has 2 aromatic rings. The zero-order valence-electron chi connectivity index (χ0n) is 5.02. The first kappa shape index (κ1) is 6.00. The first-order valence-electron chi connectivity index (χ1n) is 2.75. The van der Waals surface area contributed by atoms with Crippen molar-refractivity contribution in [2.75, 3.05) is 0 Å². The third-order valence-electron chi connectivity index (χ3n) is 1.08. The lowest BCUT2D eigenvalue weighted by Gasteiger charge is -1.82. The molecule has 0 unspecified atom stereocenters. The third kappa shape index (κ3) is 0.955.